The summed E-state index contributed by atoms with van der Waals surface area (Å²) in [6.07, 6.45) is 16.3. The number of carboxylic acid groups (broad SMARTS) is 1. The molecule has 2 N–H and O–H groups in total. The van der Waals surface area contributed by atoms with Crippen molar-refractivity contribution in [1.29, 1.82) is 0 Å². The average Bonchev–Trinajstić information content (AvgIpc) is 2.45. The zero-order chi connectivity index (χ0) is 15.8. The van der Waals surface area contributed by atoms with E-state index in [1.165, 1.54) is 51.4 Å². The number of aliphatic hydroxyl groups excluding tert-OH is 1. The van der Waals surface area contributed by atoms with Gasteiger partial charge >= 0.3 is 62.6 Å². The smallest absolute Gasteiger partial charge is 1.00 e. The predicted molar refractivity (Wildman–Crippen MR) is 97.7 cm³/mol. The topological polar surface area (TPSA) is 57.5 Å². The van der Waals surface area contributed by atoms with Crippen LogP contribution in [-0.2, 0) is 4.79 Å². The summed E-state index contributed by atoms with van der Waals surface area (Å²) in [7, 11) is 0. The van der Waals surface area contributed by atoms with E-state index in [-0.39, 0.29) is 67.0 Å². The molecule has 3 nitrogen and oxygen atoms in total. The first-order valence-corrected chi connectivity index (χ1v) is 9.06. The Kier molecular flexibility index (Phi) is 29.4. The molecule has 23 heavy (non-hydrogen) atoms. The standard InChI is InChI=1S/C18H36O3.Ca.Li.3H/c1-2-3-4-11-14-17(19)15-12-9-7-5-6-8-10-13-16-18(20)21;;;;;/h17,19H,2-16H2,1H3,(H,20,21);;;;;/q;+2;+1;3*-1. The summed E-state index contributed by atoms with van der Waals surface area (Å²) in [6, 6.07) is 0. The zero-order valence-electron chi connectivity index (χ0n) is 18.7. The van der Waals surface area contributed by atoms with Crippen molar-refractivity contribution >= 4 is 43.7 Å². The molecule has 5 heteroatoms. The Balaban J connectivity index is -0.000000200. The molecular formula is C18H39CaLiO3. The fourth-order valence-corrected chi connectivity index (χ4v) is 2.67. The minimum Gasteiger partial charge on any atom is -1.00 e. The van der Waals surface area contributed by atoms with E-state index in [4.69, 9.17) is 5.11 Å². The van der Waals surface area contributed by atoms with Gasteiger partial charge in [-0.2, -0.15) is 0 Å². The molecule has 0 aliphatic carbocycles. The zero-order valence-corrected chi connectivity index (χ0v) is 17.9. The predicted octanol–water partition coefficient (Wildman–Crippen LogP) is 2.26. The Morgan fingerprint density at radius 3 is 1.65 bits per heavy atom. The van der Waals surface area contributed by atoms with Crippen LogP contribution in [0.4, 0.5) is 0 Å². The van der Waals surface area contributed by atoms with E-state index < -0.39 is 5.97 Å². The Morgan fingerprint density at radius 2 is 1.22 bits per heavy atom. The van der Waals surface area contributed by atoms with Crippen molar-refractivity contribution in [1.82, 2.24) is 0 Å². The van der Waals surface area contributed by atoms with Crippen molar-refractivity contribution in [2.24, 2.45) is 0 Å². The quantitative estimate of drug-likeness (QED) is 0.332. The number of aliphatic carboxylic acids is 1. The molecule has 0 aromatic heterocycles. The van der Waals surface area contributed by atoms with Gasteiger partial charge in [-0.1, -0.05) is 77.6 Å². The summed E-state index contributed by atoms with van der Waals surface area (Å²) in [6.45, 7) is 2.21. The van der Waals surface area contributed by atoms with E-state index in [1.54, 1.807) is 0 Å². The van der Waals surface area contributed by atoms with Crippen LogP contribution < -0.4 is 18.9 Å². The normalized spacial score (nSPS) is 11.4. The van der Waals surface area contributed by atoms with Gasteiger partial charge in [0.25, 0.3) is 0 Å². The fraction of sp³-hybridized carbons (Fsp3) is 0.944. The number of carboxylic acids is 1. The molecule has 0 fully saturated rings. The van der Waals surface area contributed by atoms with Gasteiger partial charge in [0.15, 0.2) is 0 Å². The molecule has 0 aliphatic rings. The van der Waals surface area contributed by atoms with Crippen LogP contribution in [0.3, 0.4) is 0 Å². The van der Waals surface area contributed by atoms with Gasteiger partial charge in [-0.25, -0.2) is 0 Å². The van der Waals surface area contributed by atoms with Gasteiger partial charge in [0.2, 0.25) is 0 Å². The number of hydrogen-bond donors (Lipinski definition) is 2. The van der Waals surface area contributed by atoms with E-state index in [0.29, 0.717) is 6.42 Å². The number of unbranched alkanes of at least 4 members (excludes halogenated alkanes) is 10. The van der Waals surface area contributed by atoms with Crippen molar-refractivity contribution in [3.63, 3.8) is 0 Å². The number of aliphatic hydroxyl groups is 1. The Hall–Kier alpha value is 1.29. The molecule has 0 aliphatic heterocycles. The van der Waals surface area contributed by atoms with Crippen LogP contribution in [0.2, 0.25) is 0 Å². The fourth-order valence-electron chi connectivity index (χ4n) is 2.67. The molecule has 132 valence electrons. The van der Waals surface area contributed by atoms with Crippen LogP contribution in [0.5, 0.6) is 0 Å². The van der Waals surface area contributed by atoms with Crippen molar-refractivity contribution in [2.45, 2.75) is 109 Å². The number of carbonyl (C=O) groups is 1. The molecule has 0 heterocycles. The number of hydrogen-bond acceptors (Lipinski definition) is 2. The average molecular weight is 351 g/mol. The molecule has 0 aromatic carbocycles. The van der Waals surface area contributed by atoms with Crippen LogP contribution in [0.15, 0.2) is 0 Å². The first-order chi connectivity index (χ1) is 10.2. The molecule has 1 atom stereocenters. The Morgan fingerprint density at radius 1 is 0.826 bits per heavy atom. The number of rotatable bonds is 16. The summed E-state index contributed by atoms with van der Waals surface area (Å²) in [5.41, 5.74) is 0. The van der Waals surface area contributed by atoms with Crippen molar-refractivity contribution in [3.05, 3.63) is 0 Å². The summed E-state index contributed by atoms with van der Waals surface area (Å²) in [5, 5.41) is 18.4. The van der Waals surface area contributed by atoms with Gasteiger partial charge in [0, 0.05) is 6.42 Å². The molecule has 0 saturated heterocycles. The molecule has 0 rings (SSSR count). The molecule has 0 spiro atoms. The summed E-state index contributed by atoms with van der Waals surface area (Å²) in [5.74, 6) is -0.678. The first-order valence-electron chi connectivity index (χ1n) is 9.06. The molecular weight excluding hydrogens is 311 g/mol. The maximum atomic E-state index is 10.3. The third-order valence-electron chi connectivity index (χ3n) is 4.07. The van der Waals surface area contributed by atoms with E-state index >= 15 is 0 Å². The van der Waals surface area contributed by atoms with Gasteiger partial charge in [-0.3, -0.25) is 4.79 Å². The van der Waals surface area contributed by atoms with E-state index in [1.807, 2.05) is 0 Å². The molecule has 0 amide bonds. The van der Waals surface area contributed by atoms with E-state index in [9.17, 15) is 9.90 Å². The Labute approximate surface area is 190 Å². The van der Waals surface area contributed by atoms with Gasteiger partial charge < -0.3 is 14.5 Å². The van der Waals surface area contributed by atoms with E-state index in [2.05, 4.69) is 6.92 Å². The second kappa shape index (κ2) is 23.3. The second-order valence-electron chi connectivity index (χ2n) is 6.26. The largest absolute Gasteiger partial charge is 2.00 e. The van der Waals surface area contributed by atoms with Crippen LogP contribution >= 0.6 is 0 Å². The summed E-state index contributed by atoms with van der Waals surface area (Å²) < 4.78 is 0. The van der Waals surface area contributed by atoms with Crippen molar-refractivity contribution in [3.8, 4) is 0 Å². The summed E-state index contributed by atoms with van der Waals surface area (Å²) in [4.78, 5) is 10.3. The maximum Gasteiger partial charge on any atom is 2.00 e. The van der Waals surface area contributed by atoms with Gasteiger partial charge in [0.1, 0.15) is 0 Å². The van der Waals surface area contributed by atoms with Crippen LogP contribution in [0.1, 0.15) is 108 Å². The monoisotopic (exact) mass is 350 g/mol. The van der Waals surface area contributed by atoms with Crippen molar-refractivity contribution < 1.29 is 38.1 Å². The molecule has 0 aromatic rings. The SMILES string of the molecule is CCCCCCC(O)CCCCCCCCCCC(=O)O.[Ca+2].[H-].[H-].[H-].[Li+]. The molecule has 1 unspecified atom stereocenters. The van der Waals surface area contributed by atoms with Crippen LogP contribution in [-0.4, -0.2) is 60.0 Å². The second-order valence-corrected chi connectivity index (χ2v) is 6.26. The van der Waals surface area contributed by atoms with Gasteiger partial charge in [-0.15, -0.1) is 0 Å². The van der Waals surface area contributed by atoms with E-state index in [0.717, 1.165) is 38.5 Å². The molecule has 0 saturated carbocycles. The third-order valence-corrected chi connectivity index (χ3v) is 4.07. The van der Waals surface area contributed by atoms with Gasteiger partial charge in [-0.05, 0) is 19.3 Å². The van der Waals surface area contributed by atoms with Crippen LogP contribution in [0.25, 0.3) is 0 Å². The Bertz CT molecular complexity index is 254. The molecule has 0 radical (unpaired) electrons. The minimum absolute atomic E-state index is 0. The van der Waals surface area contributed by atoms with Gasteiger partial charge in [0.05, 0.1) is 6.10 Å². The minimum atomic E-state index is -0.678. The first kappa shape index (κ1) is 29.1. The van der Waals surface area contributed by atoms with Crippen LogP contribution in [0, 0.1) is 0 Å². The molecule has 0 bridgehead atoms. The summed E-state index contributed by atoms with van der Waals surface area (Å²) >= 11 is 0. The third kappa shape index (κ3) is 25.6. The maximum absolute atomic E-state index is 10.3. The van der Waals surface area contributed by atoms with Crippen molar-refractivity contribution in [2.75, 3.05) is 0 Å².